The number of halogens is 2. The monoisotopic (exact) mass is 475 g/mol. The molecule has 3 aromatic rings. The van der Waals surface area contributed by atoms with E-state index in [1.54, 1.807) is 23.3 Å². The van der Waals surface area contributed by atoms with Gasteiger partial charge in [0.15, 0.2) is 0 Å². The number of benzene rings is 2. The van der Waals surface area contributed by atoms with Gasteiger partial charge in [-0.25, -0.2) is 0 Å². The summed E-state index contributed by atoms with van der Waals surface area (Å²) in [7, 11) is 0. The van der Waals surface area contributed by atoms with Gasteiger partial charge in [-0.2, -0.15) is 0 Å². The molecular weight excluding hydrogens is 454 g/mol. The summed E-state index contributed by atoms with van der Waals surface area (Å²) >= 11 is 1.74. The molecule has 0 atom stereocenters. The molecular formula is C22H23Cl2SiZr-. The van der Waals surface area contributed by atoms with Crippen LogP contribution in [-0.2, 0) is 29.8 Å². The summed E-state index contributed by atoms with van der Waals surface area (Å²) in [6.45, 7) is 6.86. The third-order valence-electron chi connectivity index (χ3n) is 4.36. The molecule has 1 aliphatic rings. The predicted molar refractivity (Wildman–Crippen MR) is 106 cm³/mol. The Morgan fingerprint density at radius 2 is 1.73 bits per heavy atom. The second-order valence-electron chi connectivity index (χ2n) is 6.47. The SMILES string of the molecule is CCc1ccc2c([cH-]c3ccccc32)c1C1=CC=CC1.C[Si](C)=[Zr+2].[Cl-].[Cl-]. The normalized spacial score (nSPS) is 12.1. The van der Waals surface area contributed by atoms with Crippen molar-refractivity contribution in [3.05, 3.63) is 71.8 Å². The van der Waals surface area contributed by atoms with E-state index in [0.717, 1.165) is 12.8 Å². The molecule has 0 N–H and O–H groups in total. The Kier molecular flexibility index (Phi) is 9.69. The van der Waals surface area contributed by atoms with Crippen LogP contribution in [0, 0.1) is 0 Å². The predicted octanol–water partition coefficient (Wildman–Crippen LogP) is 0.410. The van der Waals surface area contributed by atoms with Crippen LogP contribution in [0.15, 0.2) is 60.7 Å². The third kappa shape index (κ3) is 5.04. The minimum atomic E-state index is 0. The summed E-state index contributed by atoms with van der Waals surface area (Å²) < 4.78 is 0. The zero-order valence-electron chi connectivity index (χ0n) is 15.4. The Hall–Kier alpha value is -0.530. The summed E-state index contributed by atoms with van der Waals surface area (Å²) in [5.41, 5.74) is 4.60. The van der Waals surface area contributed by atoms with Crippen molar-refractivity contribution in [2.24, 2.45) is 0 Å². The zero-order chi connectivity index (χ0) is 17.1. The van der Waals surface area contributed by atoms with E-state index in [9.17, 15) is 0 Å². The van der Waals surface area contributed by atoms with Gasteiger partial charge in [-0.1, -0.05) is 72.2 Å². The molecule has 0 saturated heterocycles. The second kappa shape index (κ2) is 10.7. The van der Waals surface area contributed by atoms with Crippen LogP contribution in [0.2, 0.25) is 13.1 Å². The van der Waals surface area contributed by atoms with Gasteiger partial charge >= 0.3 is 41.9 Å². The molecule has 0 heterocycles. The topological polar surface area (TPSA) is 0 Å². The maximum Gasteiger partial charge on any atom is -1.00 e. The Balaban J connectivity index is 0.000000516. The minimum absolute atomic E-state index is 0. The first kappa shape index (κ1) is 23.5. The van der Waals surface area contributed by atoms with Crippen LogP contribution in [0.3, 0.4) is 0 Å². The molecule has 0 saturated carbocycles. The molecule has 0 fully saturated rings. The fraction of sp³-hybridized carbons (Fsp3) is 0.227. The fourth-order valence-electron chi connectivity index (χ4n) is 3.38. The van der Waals surface area contributed by atoms with E-state index < -0.39 is 0 Å². The quantitative estimate of drug-likeness (QED) is 0.371. The summed E-state index contributed by atoms with van der Waals surface area (Å²) in [6, 6.07) is 15.7. The number of hydrogen-bond acceptors (Lipinski definition) is 0. The van der Waals surface area contributed by atoms with E-state index in [0.29, 0.717) is 0 Å². The molecule has 0 spiro atoms. The Morgan fingerprint density at radius 3 is 2.35 bits per heavy atom. The van der Waals surface area contributed by atoms with Crippen molar-refractivity contribution >= 4 is 32.6 Å². The maximum absolute atomic E-state index is 2.36. The molecule has 0 unspecified atom stereocenters. The summed E-state index contributed by atoms with van der Waals surface area (Å²) in [5.74, 6) is 0. The molecule has 4 heteroatoms. The van der Waals surface area contributed by atoms with Gasteiger partial charge in [-0.15, -0.1) is 33.7 Å². The van der Waals surface area contributed by atoms with Crippen molar-refractivity contribution in [1.82, 2.24) is 0 Å². The van der Waals surface area contributed by atoms with Crippen LogP contribution in [0.25, 0.3) is 27.1 Å². The van der Waals surface area contributed by atoms with Gasteiger partial charge in [0, 0.05) is 0 Å². The standard InChI is InChI=1S/C20H17.C2H6Si.2ClH.Zr/c1-2-14-11-12-18-17-10-6-5-9-16(17)13-19(18)20(14)15-7-3-4-8-15;1-3-2;;;/h3-7,9-13H,2,8H2,1H3;1-2H3;2*1H;/q-1;;;;+2/p-2. The molecule has 4 rings (SSSR count). The largest absolute Gasteiger partial charge is 1.00 e. The van der Waals surface area contributed by atoms with Gasteiger partial charge in [0.25, 0.3) is 0 Å². The number of hydrogen-bond donors (Lipinski definition) is 0. The van der Waals surface area contributed by atoms with Crippen molar-refractivity contribution in [2.75, 3.05) is 0 Å². The second-order valence-corrected chi connectivity index (χ2v) is 15.8. The first-order chi connectivity index (χ1) is 11.6. The van der Waals surface area contributed by atoms with Crippen molar-refractivity contribution in [3.63, 3.8) is 0 Å². The number of fused-ring (bicyclic) bond motifs is 3. The summed E-state index contributed by atoms with van der Waals surface area (Å²) in [5, 5.41) is 5.53. The van der Waals surface area contributed by atoms with E-state index in [4.69, 9.17) is 0 Å². The van der Waals surface area contributed by atoms with E-state index in [2.05, 4.69) is 80.7 Å². The van der Waals surface area contributed by atoms with Gasteiger partial charge in [-0.05, 0) is 12.8 Å². The van der Waals surface area contributed by atoms with Crippen LogP contribution >= 0.6 is 0 Å². The minimum Gasteiger partial charge on any atom is -1.00 e. The average molecular weight is 478 g/mol. The van der Waals surface area contributed by atoms with Crippen LogP contribution in [-0.4, -0.2) is 5.43 Å². The van der Waals surface area contributed by atoms with E-state index in [-0.39, 0.29) is 30.2 Å². The van der Waals surface area contributed by atoms with E-state index >= 15 is 0 Å². The summed E-state index contributed by atoms with van der Waals surface area (Å²) in [6.07, 6.45) is 8.84. The van der Waals surface area contributed by atoms with Crippen LogP contribution < -0.4 is 24.8 Å². The number of allylic oxidation sites excluding steroid dienone is 4. The Bertz CT molecular complexity index is 963. The van der Waals surface area contributed by atoms with Gasteiger partial charge in [0.2, 0.25) is 0 Å². The van der Waals surface area contributed by atoms with Crippen molar-refractivity contribution in [1.29, 1.82) is 0 Å². The fourth-order valence-corrected chi connectivity index (χ4v) is 3.38. The van der Waals surface area contributed by atoms with Crippen molar-refractivity contribution in [3.8, 4) is 0 Å². The van der Waals surface area contributed by atoms with Crippen LogP contribution in [0.4, 0.5) is 0 Å². The maximum atomic E-state index is 2.36. The van der Waals surface area contributed by atoms with Gasteiger partial charge in [0.05, 0.1) is 0 Å². The molecule has 26 heavy (non-hydrogen) atoms. The first-order valence-electron chi connectivity index (χ1n) is 8.59. The first-order valence-corrected chi connectivity index (χ1v) is 14.8. The molecule has 0 radical (unpaired) electrons. The average Bonchev–Trinajstić information content (AvgIpc) is 3.20. The van der Waals surface area contributed by atoms with E-state index in [1.807, 2.05) is 0 Å². The van der Waals surface area contributed by atoms with Crippen LogP contribution in [0.1, 0.15) is 24.5 Å². The molecule has 134 valence electrons. The number of rotatable bonds is 2. The van der Waals surface area contributed by atoms with Crippen molar-refractivity contribution < 1.29 is 48.1 Å². The van der Waals surface area contributed by atoms with Crippen molar-refractivity contribution in [2.45, 2.75) is 32.9 Å². The molecule has 3 aromatic carbocycles. The molecule has 0 nitrogen and oxygen atoms in total. The third-order valence-corrected chi connectivity index (χ3v) is 4.36. The zero-order valence-corrected chi connectivity index (χ0v) is 20.4. The van der Waals surface area contributed by atoms with Gasteiger partial charge in [-0.3, -0.25) is 0 Å². The Morgan fingerprint density at radius 1 is 1.04 bits per heavy atom. The number of aryl methyl sites for hydroxylation is 1. The van der Waals surface area contributed by atoms with E-state index in [1.165, 1.54) is 38.2 Å². The van der Waals surface area contributed by atoms with Crippen LogP contribution in [0.5, 0.6) is 0 Å². The molecule has 0 bridgehead atoms. The Labute approximate surface area is 184 Å². The smallest absolute Gasteiger partial charge is 1.00 e. The molecule has 0 amide bonds. The van der Waals surface area contributed by atoms with Gasteiger partial charge < -0.3 is 24.8 Å². The molecule has 0 aliphatic heterocycles. The molecule has 1 aliphatic carbocycles. The van der Waals surface area contributed by atoms with Gasteiger partial charge in [0.1, 0.15) is 0 Å². The molecule has 0 aromatic heterocycles. The summed E-state index contributed by atoms with van der Waals surface area (Å²) in [4.78, 5) is 0.